The number of para-hydroxylation sites is 1. The first-order valence-electron chi connectivity index (χ1n) is 16.9. The lowest BCUT2D eigenvalue weighted by Crippen LogP contribution is -2.00. The van der Waals surface area contributed by atoms with Crippen molar-refractivity contribution in [3.8, 4) is 39.9 Å². The third-order valence-electron chi connectivity index (χ3n) is 9.84. The second-order valence-corrected chi connectivity index (χ2v) is 13.9. The molecule has 0 aliphatic rings. The maximum atomic E-state index is 6.50. The molecule has 238 valence electrons. The van der Waals surface area contributed by atoms with Crippen LogP contribution < -0.4 is 0 Å². The molecule has 0 saturated carbocycles. The summed E-state index contributed by atoms with van der Waals surface area (Å²) in [6.07, 6.45) is 0. The highest BCUT2D eigenvalue weighted by molar-refractivity contribution is 7.25. The average molecular weight is 671 g/mol. The zero-order valence-electron chi connectivity index (χ0n) is 27.1. The van der Waals surface area contributed by atoms with E-state index in [0.29, 0.717) is 17.5 Å². The predicted octanol–water partition coefficient (Wildman–Crippen LogP) is 12.2. The van der Waals surface area contributed by atoms with Gasteiger partial charge in [0, 0.05) is 64.1 Å². The lowest BCUT2D eigenvalue weighted by atomic mass is 10.1. The number of aromatic nitrogens is 4. The summed E-state index contributed by atoms with van der Waals surface area (Å²) in [6, 6.07) is 55.0. The van der Waals surface area contributed by atoms with E-state index in [9.17, 15) is 0 Å². The highest BCUT2D eigenvalue weighted by Gasteiger charge is 2.18. The second kappa shape index (κ2) is 10.9. The van der Waals surface area contributed by atoms with Crippen LogP contribution in [0.1, 0.15) is 0 Å². The monoisotopic (exact) mass is 670 g/mol. The van der Waals surface area contributed by atoms with Crippen LogP contribution in [0.5, 0.6) is 0 Å². The van der Waals surface area contributed by atoms with E-state index in [-0.39, 0.29) is 0 Å². The standard InChI is InChI=1S/C45H26N4OS/c1-3-11-27(12-4-1)43-46-44(28-13-5-2-6-14-28)48-45(47-43)29-19-21-32-35-24-30(20-22-39(35)50-40(32)23-29)49-37-17-9-7-15-31(37)34-25-36-33-16-8-10-18-41(33)51-42(36)26-38(34)49/h1-26H. The van der Waals surface area contributed by atoms with Gasteiger partial charge in [0.2, 0.25) is 0 Å². The fraction of sp³-hybridized carbons (Fsp3) is 0. The number of nitrogens with zero attached hydrogens (tertiary/aromatic N) is 4. The van der Waals surface area contributed by atoms with E-state index < -0.39 is 0 Å². The lowest BCUT2D eigenvalue weighted by molar-refractivity contribution is 0.669. The van der Waals surface area contributed by atoms with Crippen molar-refractivity contribution in [2.24, 2.45) is 0 Å². The van der Waals surface area contributed by atoms with Crippen molar-refractivity contribution < 1.29 is 4.42 Å². The van der Waals surface area contributed by atoms with E-state index >= 15 is 0 Å². The number of rotatable bonds is 4. The SMILES string of the molecule is c1ccc(-c2nc(-c3ccccc3)nc(-c3ccc4c(c3)oc3ccc(-n5c6ccccc6c6cc7c(cc65)sc5ccccc57)cc34)n2)cc1. The molecule has 11 aromatic rings. The Kier molecular flexibility index (Phi) is 6.05. The smallest absolute Gasteiger partial charge is 0.164 e. The molecule has 11 rings (SSSR count). The van der Waals surface area contributed by atoms with Crippen LogP contribution in [-0.4, -0.2) is 19.5 Å². The van der Waals surface area contributed by atoms with Gasteiger partial charge in [0.15, 0.2) is 17.5 Å². The Morgan fingerprint density at radius 1 is 0.392 bits per heavy atom. The third kappa shape index (κ3) is 4.43. The van der Waals surface area contributed by atoms with Crippen molar-refractivity contribution in [1.29, 1.82) is 0 Å². The van der Waals surface area contributed by atoms with Crippen LogP contribution >= 0.6 is 11.3 Å². The van der Waals surface area contributed by atoms with Crippen LogP contribution in [0.3, 0.4) is 0 Å². The molecule has 5 nitrogen and oxygen atoms in total. The van der Waals surface area contributed by atoms with Crippen molar-refractivity contribution in [3.05, 3.63) is 158 Å². The van der Waals surface area contributed by atoms with Gasteiger partial charge < -0.3 is 8.98 Å². The Morgan fingerprint density at radius 2 is 1.06 bits per heavy atom. The first kappa shape index (κ1) is 28.2. The predicted molar refractivity (Wildman–Crippen MR) is 211 cm³/mol. The Labute approximate surface area is 295 Å². The Morgan fingerprint density at radius 3 is 1.82 bits per heavy atom. The molecule has 0 atom stereocenters. The molecule has 4 aromatic heterocycles. The Bertz CT molecular complexity index is 3080. The van der Waals surface area contributed by atoms with E-state index in [2.05, 4.69) is 95.6 Å². The van der Waals surface area contributed by atoms with Gasteiger partial charge in [-0.05, 0) is 54.6 Å². The van der Waals surface area contributed by atoms with Gasteiger partial charge in [-0.3, -0.25) is 0 Å². The van der Waals surface area contributed by atoms with Gasteiger partial charge in [-0.1, -0.05) is 103 Å². The van der Waals surface area contributed by atoms with Gasteiger partial charge in [-0.2, -0.15) is 0 Å². The number of fused-ring (bicyclic) bond motifs is 9. The summed E-state index contributed by atoms with van der Waals surface area (Å²) in [4.78, 5) is 14.7. The number of furan rings is 1. The van der Waals surface area contributed by atoms with E-state index in [1.54, 1.807) is 0 Å². The summed E-state index contributed by atoms with van der Waals surface area (Å²) >= 11 is 1.85. The van der Waals surface area contributed by atoms with Gasteiger partial charge in [0.05, 0.1) is 11.0 Å². The van der Waals surface area contributed by atoms with E-state index in [0.717, 1.165) is 44.3 Å². The van der Waals surface area contributed by atoms with Crippen LogP contribution in [0.4, 0.5) is 0 Å². The molecule has 7 aromatic carbocycles. The Hall–Kier alpha value is -6.63. The summed E-state index contributed by atoms with van der Waals surface area (Å²) < 4.78 is 11.5. The highest BCUT2D eigenvalue weighted by atomic mass is 32.1. The normalized spacial score (nSPS) is 11.9. The molecule has 0 amide bonds. The molecule has 0 aliphatic carbocycles. The highest BCUT2D eigenvalue weighted by Crippen LogP contribution is 2.41. The maximum absolute atomic E-state index is 6.50. The lowest BCUT2D eigenvalue weighted by Gasteiger charge is -2.08. The largest absolute Gasteiger partial charge is 0.456 e. The fourth-order valence-corrected chi connectivity index (χ4v) is 8.57. The van der Waals surface area contributed by atoms with Crippen molar-refractivity contribution in [2.75, 3.05) is 0 Å². The molecule has 0 radical (unpaired) electrons. The first-order chi connectivity index (χ1) is 25.2. The zero-order chi connectivity index (χ0) is 33.5. The third-order valence-corrected chi connectivity index (χ3v) is 11.0. The number of hydrogen-bond donors (Lipinski definition) is 0. The van der Waals surface area contributed by atoms with Crippen LogP contribution in [0, 0.1) is 0 Å². The summed E-state index contributed by atoms with van der Waals surface area (Å²) in [5.41, 5.74) is 7.85. The topological polar surface area (TPSA) is 56.7 Å². The van der Waals surface area contributed by atoms with Crippen LogP contribution in [0.25, 0.3) is 104 Å². The molecule has 0 bridgehead atoms. The minimum atomic E-state index is 0.601. The van der Waals surface area contributed by atoms with Gasteiger partial charge in [-0.15, -0.1) is 11.3 Å². The number of benzene rings is 7. The fourth-order valence-electron chi connectivity index (χ4n) is 7.45. The molecule has 0 fully saturated rings. The van der Waals surface area contributed by atoms with Gasteiger partial charge in [0.25, 0.3) is 0 Å². The van der Waals surface area contributed by atoms with Gasteiger partial charge >= 0.3 is 0 Å². The molecule has 0 spiro atoms. The van der Waals surface area contributed by atoms with Gasteiger partial charge in [0.1, 0.15) is 11.2 Å². The molecule has 0 aliphatic heterocycles. The summed E-state index contributed by atoms with van der Waals surface area (Å²) in [5, 5.41) is 7.23. The Balaban J connectivity index is 1.07. The molecule has 0 unspecified atom stereocenters. The van der Waals surface area contributed by atoms with Gasteiger partial charge in [-0.25, -0.2) is 15.0 Å². The number of hydrogen-bond acceptors (Lipinski definition) is 5. The van der Waals surface area contributed by atoms with E-state index in [1.165, 1.54) is 42.0 Å². The molecule has 0 N–H and O–H groups in total. The number of thiophene rings is 1. The van der Waals surface area contributed by atoms with Crippen molar-refractivity contribution in [3.63, 3.8) is 0 Å². The van der Waals surface area contributed by atoms with E-state index in [1.807, 2.05) is 78.1 Å². The summed E-state index contributed by atoms with van der Waals surface area (Å²) in [5.74, 6) is 1.87. The zero-order valence-corrected chi connectivity index (χ0v) is 27.9. The van der Waals surface area contributed by atoms with Crippen LogP contribution in [0.15, 0.2) is 162 Å². The molecule has 6 heteroatoms. The minimum absolute atomic E-state index is 0.601. The summed E-state index contributed by atoms with van der Waals surface area (Å²) in [7, 11) is 0. The van der Waals surface area contributed by atoms with Crippen molar-refractivity contribution in [2.45, 2.75) is 0 Å². The van der Waals surface area contributed by atoms with E-state index in [4.69, 9.17) is 19.4 Å². The molecular formula is C45H26N4OS. The van der Waals surface area contributed by atoms with Crippen molar-refractivity contribution in [1.82, 2.24) is 19.5 Å². The second-order valence-electron chi connectivity index (χ2n) is 12.8. The average Bonchev–Trinajstić information content (AvgIpc) is 3.86. The van der Waals surface area contributed by atoms with Crippen molar-refractivity contribution >= 4 is 75.3 Å². The maximum Gasteiger partial charge on any atom is 0.164 e. The molecule has 4 heterocycles. The molecule has 0 saturated heterocycles. The first-order valence-corrected chi connectivity index (χ1v) is 17.8. The van der Waals surface area contributed by atoms with Crippen LogP contribution in [0.2, 0.25) is 0 Å². The molecule has 51 heavy (non-hydrogen) atoms. The molecular weight excluding hydrogens is 645 g/mol. The summed E-state index contributed by atoms with van der Waals surface area (Å²) in [6.45, 7) is 0. The minimum Gasteiger partial charge on any atom is -0.456 e. The van der Waals surface area contributed by atoms with Crippen LogP contribution in [-0.2, 0) is 0 Å². The quantitative estimate of drug-likeness (QED) is 0.187.